The van der Waals surface area contributed by atoms with Crippen LogP contribution in [0.5, 0.6) is 0 Å². The standard InChI is InChI=1S/C21H28F3N5O/c1-13-9-16-15(25-19(13)26-18(30)11-20(2,3)4)7-6-8-29(16)12-14-10-17(21(22,23)24)27-28(14)5/h9-10H,6-8,11-12H2,1-5H3,(H,25,26,30). The van der Waals surface area contributed by atoms with Crippen molar-refractivity contribution >= 4 is 17.4 Å². The van der Waals surface area contributed by atoms with Crippen molar-refractivity contribution in [1.29, 1.82) is 0 Å². The highest BCUT2D eigenvalue weighted by atomic mass is 19.4. The highest BCUT2D eigenvalue weighted by molar-refractivity contribution is 5.91. The van der Waals surface area contributed by atoms with Gasteiger partial charge in [0.1, 0.15) is 5.82 Å². The lowest BCUT2D eigenvalue weighted by Crippen LogP contribution is -2.31. The first-order chi connectivity index (χ1) is 13.8. The van der Waals surface area contributed by atoms with Gasteiger partial charge in [0.2, 0.25) is 5.91 Å². The van der Waals surface area contributed by atoms with Gasteiger partial charge >= 0.3 is 6.18 Å². The number of hydrogen-bond acceptors (Lipinski definition) is 4. The van der Waals surface area contributed by atoms with Gasteiger partial charge in [0.15, 0.2) is 5.69 Å². The van der Waals surface area contributed by atoms with Gasteiger partial charge in [-0.25, -0.2) is 4.98 Å². The zero-order valence-electron chi connectivity index (χ0n) is 18.0. The second-order valence-electron chi connectivity index (χ2n) is 9.07. The Hall–Kier alpha value is -2.58. The molecule has 0 saturated heterocycles. The van der Waals surface area contributed by atoms with Crippen LogP contribution in [0.2, 0.25) is 0 Å². The molecule has 0 spiro atoms. The Labute approximate surface area is 174 Å². The molecule has 9 heteroatoms. The molecule has 0 aromatic carbocycles. The van der Waals surface area contributed by atoms with Gasteiger partial charge in [-0.1, -0.05) is 20.8 Å². The fourth-order valence-electron chi connectivity index (χ4n) is 3.59. The fourth-order valence-corrected chi connectivity index (χ4v) is 3.59. The Kier molecular flexibility index (Phi) is 5.84. The van der Waals surface area contributed by atoms with Crippen LogP contribution in [-0.4, -0.2) is 27.2 Å². The number of hydrogen-bond donors (Lipinski definition) is 1. The van der Waals surface area contributed by atoms with Gasteiger partial charge in [-0.05, 0) is 42.9 Å². The Morgan fingerprint density at radius 1 is 1.23 bits per heavy atom. The number of aromatic nitrogens is 3. The number of fused-ring (bicyclic) bond motifs is 1. The van der Waals surface area contributed by atoms with Gasteiger partial charge in [0.05, 0.1) is 23.6 Å². The first kappa shape index (κ1) is 22.1. The van der Waals surface area contributed by atoms with Crippen molar-refractivity contribution in [2.75, 3.05) is 16.8 Å². The van der Waals surface area contributed by atoms with Crippen molar-refractivity contribution in [2.24, 2.45) is 12.5 Å². The van der Waals surface area contributed by atoms with Gasteiger partial charge in [0.25, 0.3) is 0 Å². The van der Waals surface area contributed by atoms with Crippen LogP contribution in [0.4, 0.5) is 24.7 Å². The van der Waals surface area contributed by atoms with Crippen molar-refractivity contribution in [2.45, 2.75) is 59.7 Å². The third-order valence-corrected chi connectivity index (χ3v) is 5.02. The number of nitrogens with zero attached hydrogens (tertiary/aromatic N) is 4. The van der Waals surface area contributed by atoms with E-state index in [1.54, 1.807) is 0 Å². The van der Waals surface area contributed by atoms with Crippen LogP contribution in [0.25, 0.3) is 0 Å². The van der Waals surface area contributed by atoms with E-state index in [4.69, 9.17) is 0 Å². The quantitative estimate of drug-likeness (QED) is 0.788. The van der Waals surface area contributed by atoms with Crippen LogP contribution in [0, 0.1) is 12.3 Å². The van der Waals surface area contributed by atoms with Crippen molar-refractivity contribution in [3.63, 3.8) is 0 Å². The largest absolute Gasteiger partial charge is 0.435 e. The average molecular weight is 423 g/mol. The molecule has 0 saturated carbocycles. The molecule has 164 valence electrons. The molecule has 6 nitrogen and oxygen atoms in total. The summed E-state index contributed by atoms with van der Waals surface area (Å²) in [5.74, 6) is 0.463. The number of aryl methyl sites for hydroxylation is 3. The number of carbonyl (C=O) groups excluding carboxylic acids is 1. The lowest BCUT2D eigenvalue weighted by molar-refractivity contribution is -0.141. The van der Waals surface area contributed by atoms with Crippen molar-refractivity contribution in [3.05, 3.63) is 34.8 Å². The van der Waals surface area contributed by atoms with Crippen LogP contribution in [0.1, 0.15) is 56.3 Å². The second kappa shape index (κ2) is 7.92. The minimum atomic E-state index is -4.46. The lowest BCUT2D eigenvalue weighted by atomic mass is 9.92. The normalized spacial score (nSPS) is 14.6. The summed E-state index contributed by atoms with van der Waals surface area (Å²) >= 11 is 0. The summed E-state index contributed by atoms with van der Waals surface area (Å²) in [6.07, 6.45) is -2.48. The highest BCUT2D eigenvalue weighted by Crippen LogP contribution is 2.33. The van der Waals surface area contributed by atoms with Crippen molar-refractivity contribution < 1.29 is 18.0 Å². The molecular formula is C21H28F3N5O. The van der Waals surface area contributed by atoms with E-state index >= 15 is 0 Å². The Morgan fingerprint density at radius 2 is 1.93 bits per heavy atom. The lowest BCUT2D eigenvalue weighted by Gasteiger charge is -2.31. The predicted octanol–water partition coefficient (Wildman–Crippen LogP) is 4.47. The number of alkyl halides is 3. The third-order valence-electron chi connectivity index (χ3n) is 5.02. The fraction of sp³-hybridized carbons (Fsp3) is 0.571. The zero-order chi connectivity index (χ0) is 22.3. The molecule has 1 amide bonds. The van der Waals surface area contributed by atoms with Gasteiger partial charge in [-0.3, -0.25) is 9.48 Å². The van der Waals surface area contributed by atoms with Gasteiger partial charge in [0, 0.05) is 20.0 Å². The minimum absolute atomic E-state index is 0.0831. The maximum absolute atomic E-state index is 13.0. The van der Waals surface area contributed by atoms with Crippen LogP contribution in [0.3, 0.4) is 0 Å². The molecule has 1 N–H and O–H groups in total. The number of amides is 1. The number of anilines is 2. The molecule has 30 heavy (non-hydrogen) atoms. The van der Waals surface area contributed by atoms with E-state index in [1.807, 2.05) is 38.7 Å². The number of nitrogens with one attached hydrogen (secondary N) is 1. The molecule has 0 atom stereocenters. The van der Waals surface area contributed by atoms with E-state index in [1.165, 1.54) is 11.7 Å². The molecule has 0 unspecified atom stereocenters. The molecule has 2 aromatic heterocycles. The molecule has 1 aliphatic rings. The maximum atomic E-state index is 13.0. The summed E-state index contributed by atoms with van der Waals surface area (Å²) in [7, 11) is 1.52. The SMILES string of the molecule is Cc1cc2c(nc1NC(=O)CC(C)(C)C)CCCN2Cc1cc(C(F)(F)F)nn1C. The smallest absolute Gasteiger partial charge is 0.364 e. The number of pyridine rings is 1. The minimum Gasteiger partial charge on any atom is -0.364 e. The second-order valence-corrected chi connectivity index (χ2v) is 9.07. The third kappa shape index (κ3) is 5.12. The summed E-state index contributed by atoms with van der Waals surface area (Å²) in [5, 5.41) is 6.50. The predicted molar refractivity (Wildman–Crippen MR) is 109 cm³/mol. The van der Waals surface area contributed by atoms with Gasteiger partial charge in [-0.15, -0.1) is 0 Å². The average Bonchev–Trinajstić information content (AvgIpc) is 2.96. The molecule has 3 heterocycles. The topological polar surface area (TPSA) is 63.1 Å². The van der Waals surface area contributed by atoms with Crippen LogP contribution in [0.15, 0.2) is 12.1 Å². The van der Waals surface area contributed by atoms with Gasteiger partial charge in [-0.2, -0.15) is 18.3 Å². The van der Waals surface area contributed by atoms with E-state index in [0.29, 0.717) is 24.5 Å². The van der Waals surface area contributed by atoms with E-state index in [-0.39, 0.29) is 11.3 Å². The molecule has 0 aliphatic carbocycles. The summed E-state index contributed by atoms with van der Waals surface area (Å²) in [6.45, 7) is 8.90. The Bertz CT molecular complexity index is 943. The number of rotatable bonds is 4. The number of carbonyl (C=O) groups is 1. The molecule has 2 aromatic rings. The highest BCUT2D eigenvalue weighted by Gasteiger charge is 2.35. The van der Waals surface area contributed by atoms with Crippen LogP contribution >= 0.6 is 0 Å². The molecule has 0 radical (unpaired) electrons. The summed E-state index contributed by atoms with van der Waals surface area (Å²) in [4.78, 5) is 19.0. The molecule has 1 aliphatic heterocycles. The van der Waals surface area contributed by atoms with Gasteiger partial charge < -0.3 is 10.2 Å². The van der Waals surface area contributed by atoms with Crippen LogP contribution < -0.4 is 10.2 Å². The van der Waals surface area contributed by atoms with Crippen molar-refractivity contribution in [1.82, 2.24) is 14.8 Å². The van der Waals surface area contributed by atoms with E-state index < -0.39 is 11.9 Å². The number of halogens is 3. The van der Waals surface area contributed by atoms with E-state index in [2.05, 4.69) is 15.4 Å². The first-order valence-electron chi connectivity index (χ1n) is 9.99. The summed E-state index contributed by atoms with van der Waals surface area (Å²) in [5.41, 5.74) is 2.03. The molecular weight excluding hydrogens is 395 g/mol. The first-order valence-corrected chi connectivity index (χ1v) is 9.99. The Morgan fingerprint density at radius 3 is 2.53 bits per heavy atom. The zero-order valence-corrected chi connectivity index (χ0v) is 18.0. The van der Waals surface area contributed by atoms with E-state index in [0.717, 1.165) is 42.4 Å². The monoisotopic (exact) mass is 423 g/mol. The summed E-state index contributed by atoms with van der Waals surface area (Å²) < 4.78 is 40.2. The van der Waals surface area contributed by atoms with Crippen LogP contribution in [-0.2, 0) is 31.0 Å². The maximum Gasteiger partial charge on any atom is 0.435 e. The summed E-state index contributed by atoms with van der Waals surface area (Å²) in [6, 6.07) is 3.05. The molecule has 0 fully saturated rings. The van der Waals surface area contributed by atoms with Crippen molar-refractivity contribution in [3.8, 4) is 0 Å². The van der Waals surface area contributed by atoms with E-state index in [9.17, 15) is 18.0 Å². The Balaban J connectivity index is 1.82. The molecule has 3 rings (SSSR count). The molecule has 0 bridgehead atoms.